The molecule has 69 heavy (non-hydrogen) atoms. The van der Waals surface area contributed by atoms with E-state index in [1.165, 1.54) is 41.2 Å². The summed E-state index contributed by atoms with van der Waals surface area (Å²) in [6.45, 7) is 8.23. The molecule has 4 saturated carbocycles. The van der Waals surface area contributed by atoms with Crippen LogP contribution < -0.4 is 10.9 Å². The van der Waals surface area contributed by atoms with Gasteiger partial charge in [-0.1, -0.05) is 13.8 Å². The molecule has 4 heterocycles. The number of cyclic esters (lactones) is 1. The summed E-state index contributed by atoms with van der Waals surface area (Å²) in [4.78, 5) is 69.6. The molecule has 17 heteroatoms. The van der Waals surface area contributed by atoms with E-state index in [1.54, 1.807) is 19.2 Å². The fraction of sp³-hybridized carbons (Fsp3) is 0.654. The lowest BCUT2D eigenvalue weighted by molar-refractivity contribution is -0.157. The number of rotatable bonds is 20. The van der Waals surface area contributed by atoms with Gasteiger partial charge in [-0.15, -0.1) is 0 Å². The third kappa shape index (κ3) is 9.96. The Labute approximate surface area is 402 Å². The highest BCUT2D eigenvalue weighted by atomic mass is 16.6. The van der Waals surface area contributed by atoms with Gasteiger partial charge in [-0.05, 0) is 104 Å². The van der Waals surface area contributed by atoms with E-state index in [2.05, 4.69) is 19.2 Å². The van der Waals surface area contributed by atoms with Crippen LogP contribution in [0.3, 0.4) is 0 Å². The van der Waals surface area contributed by atoms with Crippen molar-refractivity contribution in [3.8, 4) is 17.1 Å². The molecule has 2 amide bonds. The van der Waals surface area contributed by atoms with E-state index in [0.29, 0.717) is 116 Å². The first-order valence-electron chi connectivity index (χ1n) is 25.0. The molecule has 9 rings (SSSR count). The zero-order valence-corrected chi connectivity index (χ0v) is 40.3. The number of carbonyl (C=O) groups is 4. The van der Waals surface area contributed by atoms with Crippen molar-refractivity contribution in [1.29, 1.82) is 0 Å². The van der Waals surface area contributed by atoms with Crippen LogP contribution in [0.1, 0.15) is 106 Å². The molecule has 1 aromatic carbocycles. The number of hydrogen-bond donors (Lipinski definition) is 3. The summed E-state index contributed by atoms with van der Waals surface area (Å²) in [7, 11) is 1.65. The van der Waals surface area contributed by atoms with E-state index in [9.17, 15) is 34.2 Å². The molecule has 6 aliphatic rings. The summed E-state index contributed by atoms with van der Waals surface area (Å²) in [5.41, 5.74) is 3.32. The number of phenols is 1. The minimum atomic E-state index is -1.55. The number of phenolic OH excluding ortho intramolecular Hbond substituents is 1. The number of pyridine rings is 2. The van der Waals surface area contributed by atoms with E-state index in [4.69, 9.17) is 33.4 Å². The van der Waals surface area contributed by atoms with E-state index in [-0.39, 0.29) is 85.1 Å². The minimum absolute atomic E-state index is 0.00898. The van der Waals surface area contributed by atoms with Gasteiger partial charge in [0.15, 0.2) is 6.10 Å². The molecule has 17 nitrogen and oxygen atoms in total. The molecular formula is C52H68N4O13. The summed E-state index contributed by atoms with van der Waals surface area (Å²) < 4.78 is 35.3. The molecule has 2 aliphatic heterocycles. The van der Waals surface area contributed by atoms with Gasteiger partial charge in [0, 0.05) is 55.1 Å². The zero-order chi connectivity index (χ0) is 48.5. The predicted octanol–water partition coefficient (Wildman–Crippen LogP) is 4.75. The lowest BCUT2D eigenvalue weighted by Crippen LogP contribution is -2.54. The number of carbonyl (C=O) groups excluding carboxylic acids is 4. The number of benzene rings is 1. The second-order valence-corrected chi connectivity index (χ2v) is 20.6. The molecule has 8 unspecified atom stereocenters. The second-order valence-electron chi connectivity index (χ2n) is 20.6. The SMILES string of the molecule is CN(Cc1c(O)ccc2nc3c(cc12)Cn1c-3cc2c(c1=O)COC(=O)C2O)C(=O)CCOCCOCCOCCOCCNC(=O)COC1CCC2C3CCC4CC(=O)CCC4(C)C3CCC12C. The highest BCUT2D eigenvalue weighted by molar-refractivity contribution is 5.89. The van der Waals surface area contributed by atoms with Crippen LogP contribution in [0.5, 0.6) is 5.75 Å². The van der Waals surface area contributed by atoms with Crippen LogP contribution in [0.25, 0.3) is 22.3 Å². The average molecular weight is 957 g/mol. The molecule has 4 fully saturated rings. The molecule has 0 radical (unpaired) electrons. The van der Waals surface area contributed by atoms with Crippen LogP contribution in [0.4, 0.5) is 0 Å². The number of ketones is 1. The number of aromatic nitrogens is 2. The highest BCUT2D eigenvalue weighted by Crippen LogP contribution is 2.66. The largest absolute Gasteiger partial charge is 0.508 e. The van der Waals surface area contributed by atoms with Gasteiger partial charge in [0.2, 0.25) is 11.8 Å². The third-order valence-electron chi connectivity index (χ3n) is 16.8. The highest BCUT2D eigenvalue weighted by Gasteiger charge is 2.60. The smallest absolute Gasteiger partial charge is 0.340 e. The quantitative estimate of drug-likeness (QED) is 0.0806. The van der Waals surface area contributed by atoms with Gasteiger partial charge in [0.05, 0.1) is 94.4 Å². The molecule has 0 spiro atoms. The number of esters is 1. The molecule has 0 saturated heterocycles. The van der Waals surface area contributed by atoms with Crippen molar-refractivity contribution >= 4 is 34.5 Å². The fourth-order valence-corrected chi connectivity index (χ4v) is 13.0. The minimum Gasteiger partial charge on any atom is -0.508 e. The Morgan fingerprint density at radius 2 is 1.62 bits per heavy atom. The van der Waals surface area contributed by atoms with Gasteiger partial charge >= 0.3 is 5.97 Å². The van der Waals surface area contributed by atoms with Crippen molar-refractivity contribution in [2.45, 2.75) is 110 Å². The first-order valence-corrected chi connectivity index (χ1v) is 25.0. The fourth-order valence-electron chi connectivity index (χ4n) is 13.0. The van der Waals surface area contributed by atoms with Crippen molar-refractivity contribution in [3.05, 3.63) is 56.9 Å². The van der Waals surface area contributed by atoms with Gasteiger partial charge < -0.3 is 53.4 Å². The molecular weight excluding hydrogens is 889 g/mol. The molecule has 4 aliphatic carbocycles. The van der Waals surface area contributed by atoms with Gasteiger partial charge in [-0.3, -0.25) is 19.2 Å². The van der Waals surface area contributed by atoms with Crippen LogP contribution in [0, 0.1) is 34.5 Å². The molecule has 3 aromatic rings. The Hall–Kier alpha value is -4.78. The number of Topliss-reactive ketones (excluding diaryl/α,β-unsaturated/α-hetero) is 1. The van der Waals surface area contributed by atoms with Crippen LogP contribution >= 0.6 is 0 Å². The van der Waals surface area contributed by atoms with Gasteiger partial charge in [0.25, 0.3) is 5.56 Å². The van der Waals surface area contributed by atoms with Crippen LogP contribution in [-0.2, 0) is 67.3 Å². The first kappa shape index (κ1) is 49.2. The summed E-state index contributed by atoms with van der Waals surface area (Å²) in [6, 6.07) is 6.67. The predicted molar refractivity (Wildman–Crippen MR) is 251 cm³/mol. The number of nitrogens with zero attached hydrogens (tertiary/aromatic N) is 3. The average Bonchev–Trinajstić information content (AvgIpc) is 3.87. The van der Waals surface area contributed by atoms with Gasteiger partial charge in [-0.25, -0.2) is 9.78 Å². The molecule has 2 aromatic heterocycles. The number of fused-ring (bicyclic) bond motifs is 10. The van der Waals surface area contributed by atoms with Crippen molar-refractivity contribution in [2.24, 2.45) is 34.5 Å². The number of amides is 2. The maximum atomic E-state index is 13.3. The number of ether oxygens (including phenoxy) is 6. The van der Waals surface area contributed by atoms with Crippen molar-refractivity contribution in [1.82, 2.24) is 19.8 Å². The first-order chi connectivity index (χ1) is 33.3. The Balaban J connectivity index is 0.600. The third-order valence-corrected chi connectivity index (χ3v) is 16.8. The second kappa shape index (κ2) is 20.9. The van der Waals surface area contributed by atoms with Gasteiger partial charge in [0.1, 0.15) is 24.7 Å². The monoisotopic (exact) mass is 956 g/mol. The van der Waals surface area contributed by atoms with Gasteiger partial charge in [-0.2, -0.15) is 0 Å². The summed E-state index contributed by atoms with van der Waals surface area (Å²) in [5.74, 6) is 1.96. The standard InChI is InChI=1S/C52H68N4O13/c1-51-13-10-33(57)25-32(51)4-5-34-39-6-9-44(52(39,2)14-11-40(34)51)68-30-45(59)53-15-17-65-19-21-67-23-22-66-20-18-64-16-12-46(60)55(3)28-37-35-24-31-27-56-42(47(31)54-41(35)7-8-43(37)58)26-36-38(49(56)62)29-69-50(63)48(36)61/h7-8,24,26,32,34,39-40,44,48,58,61H,4-6,9-23,25,27-30H2,1-3H3,(H,53,59). The van der Waals surface area contributed by atoms with Crippen LogP contribution in [-0.4, -0.2) is 127 Å². The summed E-state index contributed by atoms with van der Waals surface area (Å²) in [6.07, 6.45) is 8.20. The van der Waals surface area contributed by atoms with E-state index in [1.807, 2.05) is 6.07 Å². The maximum absolute atomic E-state index is 13.3. The molecule has 0 bridgehead atoms. The number of hydrogen-bond acceptors (Lipinski definition) is 14. The number of aliphatic hydroxyl groups is 1. The number of aliphatic hydroxyl groups excluding tert-OH is 1. The Morgan fingerprint density at radius 3 is 2.39 bits per heavy atom. The van der Waals surface area contributed by atoms with E-state index >= 15 is 0 Å². The number of aromatic hydroxyl groups is 1. The lowest BCUT2D eigenvalue weighted by Gasteiger charge is -2.60. The Bertz CT molecular complexity index is 2490. The van der Waals surface area contributed by atoms with Crippen LogP contribution in [0.15, 0.2) is 29.1 Å². The van der Waals surface area contributed by atoms with Crippen molar-refractivity contribution < 1.29 is 57.8 Å². The molecule has 3 N–H and O–H groups in total. The summed E-state index contributed by atoms with van der Waals surface area (Å²) in [5, 5.41) is 24.8. The topological polar surface area (TPSA) is 214 Å². The van der Waals surface area contributed by atoms with Crippen molar-refractivity contribution in [3.63, 3.8) is 0 Å². The maximum Gasteiger partial charge on any atom is 0.340 e. The Kier molecular flexibility index (Phi) is 14.9. The Morgan fingerprint density at radius 1 is 0.899 bits per heavy atom. The summed E-state index contributed by atoms with van der Waals surface area (Å²) >= 11 is 0. The normalized spacial score (nSPS) is 27.7. The lowest BCUT2D eigenvalue weighted by atomic mass is 9.45. The van der Waals surface area contributed by atoms with E-state index < -0.39 is 12.1 Å². The molecule has 8 atom stereocenters. The number of nitrogens with one attached hydrogen (secondary N) is 1. The zero-order valence-electron chi connectivity index (χ0n) is 40.3. The van der Waals surface area contributed by atoms with Crippen molar-refractivity contribution in [2.75, 3.05) is 73.1 Å². The molecule has 374 valence electrons. The van der Waals surface area contributed by atoms with Crippen LogP contribution in [0.2, 0.25) is 0 Å². The van der Waals surface area contributed by atoms with E-state index in [0.717, 1.165) is 37.7 Å².